The molecular weight excluding hydrogens is 449 g/mol. The summed E-state index contributed by atoms with van der Waals surface area (Å²) >= 11 is 3.28. The van der Waals surface area contributed by atoms with Gasteiger partial charge in [-0.1, -0.05) is 52.3 Å². The molecule has 0 saturated heterocycles. The van der Waals surface area contributed by atoms with Gasteiger partial charge in [0.15, 0.2) is 0 Å². The van der Waals surface area contributed by atoms with Crippen LogP contribution in [-0.2, 0) is 11.3 Å². The summed E-state index contributed by atoms with van der Waals surface area (Å²) in [6, 6.07) is 19.9. The molecule has 0 unspecified atom stereocenters. The van der Waals surface area contributed by atoms with Gasteiger partial charge in [-0.3, -0.25) is 9.59 Å². The lowest BCUT2D eigenvalue weighted by Gasteiger charge is -2.12. The van der Waals surface area contributed by atoms with Crippen LogP contribution in [0.25, 0.3) is 6.08 Å². The van der Waals surface area contributed by atoms with Gasteiger partial charge in [0.05, 0.1) is 0 Å². The standard InChI is InChI=1S/C23H19BrFN3O2/c24-18-10-11-19(25)17(12-18)13-21(28-22(29)15-6-2-1-3-7-15)23(30)27-14-16-8-4-5-9-20(16)26/h1-13H,14,26H2,(H,27,30)(H,28,29). The van der Waals surface area contributed by atoms with E-state index in [9.17, 15) is 14.0 Å². The van der Waals surface area contributed by atoms with Crippen LogP contribution in [0.1, 0.15) is 21.5 Å². The number of benzene rings is 3. The summed E-state index contributed by atoms with van der Waals surface area (Å²) in [5.74, 6) is -1.57. The van der Waals surface area contributed by atoms with Crippen LogP contribution in [0.15, 0.2) is 83.0 Å². The van der Waals surface area contributed by atoms with Crippen molar-refractivity contribution in [3.63, 3.8) is 0 Å². The number of hydrogen-bond donors (Lipinski definition) is 3. The van der Waals surface area contributed by atoms with Crippen LogP contribution in [0.4, 0.5) is 10.1 Å². The van der Waals surface area contributed by atoms with E-state index in [1.54, 1.807) is 54.6 Å². The molecule has 3 aromatic carbocycles. The van der Waals surface area contributed by atoms with Crippen molar-refractivity contribution in [3.8, 4) is 0 Å². The molecule has 3 aromatic rings. The zero-order valence-electron chi connectivity index (χ0n) is 15.9. The molecular formula is C23H19BrFN3O2. The molecule has 0 aliphatic rings. The molecule has 152 valence electrons. The van der Waals surface area contributed by atoms with E-state index in [0.717, 1.165) is 5.56 Å². The number of rotatable bonds is 6. The van der Waals surface area contributed by atoms with Gasteiger partial charge >= 0.3 is 0 Å². The summed E-state index contributed by atoms with van der Waals surface area (Å²) in [5.41, 5.74) is 7.62. The quantitative estimate of drug-likeness (QED) is 0.374. The molecule has 5 nitrogen and oxygen atoms in total. The van der Waals surface area contributed by atoms with Crippen LogP contribution in [0.5, 0.6) is 0 Å². The topological polar surface area (TPSA) is 84.2 Å². The highest BCUT2D eigenvalue weighted by Gasteiger charge is 2.16. The first-order valence-electron chi connectivity index (χ1n) is 9.09. The summed E-state index contributed by atoms with van der Waals surface area (Å²) in [5, 5.41) is 5.29. The molecule has 0 radical (unpaired) electrons. The third-order valence-electron chi connectivity index (χ3n) is 4.28. The van der Waals surface area contributed by atoms with Crippen LogP contribution in [-0.4, -0.2) is 11.8 Å². The van der Waals surface area contributed by atoms with Gasteiger partial charge in [-0.05, 0) is 48.0 Å². The Kier molecular flexibility index (Phi) is 6.98. The van der Waals surface area contributed by atoms with Gasteiger partial charge in [0, 0.05) is 27.8 Å². The normalized spacial score (nSPS) is 11.1. The van der Waals surface area contributed by atoms with E-state index in [1.807, 2.05) is 6.07 Å². The smallest absolute Gasteiger partial charge is 0.268 e. The maximum Gasteiger partial charge on any atom is 0.268 e. The Bertz CT molecular complexity index is 1100. The van der Waals surface area contributed by atoms with Crippen molar-refractivity contribution in [2.24, 2.45) is 0 Å². The number of anilines is 1. The summed E-state index contributed by atoms with van der Waals surface area (Å²) in [4.78, 5) is 25.4. The molecule has 0 aliphatic heterocycles. The second-order valence-electron chi connectivity index (χ2n) is 6.43. The monoisotopic (exact) mass is 467 g/mol. The number of hydrogen-bond acceptors (Lipinski definition) is 3. The van der Waals surface area contributed by atoms with Gasteiger partial charge in [0.1, 0.15) is 11.5 Å². The van der Waals surface area contributed by atoms with E-state index in [2.05, 4.69) is 26.6 Å². The largest absolute Gasteiger partial charge is 0.398 e. The summed E-state index contributed by atoms with van der Waals surface area (Å²) in [7, 11) is 0. The Balaban J connectivity index is 1.87. The van der Waals surface area contributed by atoms with E-state index in [0.29, 0.717) is 15.7 Å². The number of nitrogen functional groups attached to an aromatic ring is 1. The molecule has 0 spiro atoms. The van der Waals surface area contributed by atoms with Crippen molar-refractivity contribution in [2.75, 3.05) is 5.73 Å². The van der Waals surface area contributed by atoms with Crippen molar-refractivity contribution in [2.45, 2.75) is 6.54 Å². The molecule has 3 rings (SSSR count). The van der Waals surface area contributed by atoms with Crippen LogP contribution < -0.4 is 16.4 Å². The van der Waals surface area contributed by atoms with E-state index in [-0.39, 0.29) is 17.8 Å². The minimum absolute atomic E-state index is 0.0876. The van der Waals surface area contributed by atoms with Crippen molar-refractivity contribution in [1.29, 1.82) is 0 Å². The first-order valence-corrected chi connectivity index (χ1v) is 9.88. The molecule has 0 fully saturated rings. The number of nitrogens with two attached hydrogens (primary N) is 1. The predicted molar refractivity (Wildman–Crippen MR) is 119 cm³/mol. The second kappa shape index (κ2) is 9.84. The summed E-state index contributed by atoms with van der Waals surface area (Å²) in [6.45, 7) is 0.158. The molecule has 0 bridgehead atoms. The Morgan fingerprint density at radius 3 is 2.43 bits per heavy atom. The maximum absolute atomic E-state index is 14.2. The molecule has 4 N–H and O–H groups in total. The zero-order valence-corrected chi connectivity index (χ0v) is 17.4. The molecule has 0 heterocycles. The van der Waals surface area contributed by atoms with E-state index in [1.165, 1.54) is 18.2 Å². The Morgan fingerprint density at radius 1 is 1.00 bits per heavy atom. The number of nitrogens with one attached hydrogen (secondary N) is 2. The maximum atomic E-state index is 14.2. The Labute approximate surface area is 181 Å². The number of carbonyl (C=O) groups excluding carboxylic acids is 2. The van der Waals surface area contributed by atoms with Gasteiger partial charge in [-0.2, -0.15) is 0 Å². The van der Waals surface area contributed by atoms with Crippen LogP contribution in [0, 0.1) is 5.82 Å². The average Bonchev–Trinajstić information content (AvgIpc) is 2.75. The lowest BCUT2D eigenvalue weighted by molar-refractivity contribution is -0.117. The number of para-hydroxylation sites is 1. The number of halogens is 2. The number of carbonyl (C=O) groups is 2. The summed E-state index contributed by atoms with van der Waals surface area (Å²) in [6.07, 6.45) is 1.30. The molecule has 7 heteroatoms. The summed E-state index contributed by atoms with van der Waals surface area (Å²) < 4.78 is 14.9. The third-order valence-corrected chi connectivity index (χ3v) is 4.77. The highest BCUT2D eigenvalue weighted by molar-refractivity contribution is 9.10. The van der Waals surface area contributed by atoms with Crippen LogP contribution in [0.3, 0.4) is 0 Å². The van der Waals surface area contributed by atoms with Crippen molar-refractivity contribution < 1.29 is 14.0 Å². The zero-order chi connectivity index (χ0) is 21.5. The van der Waals surface area contributed by atoms with Crippen LogP contribution >= 0.6 is 15.9 Å². The first-order chi connectivity index (χ1) is 14.4. The molecule has 0 atom stereocenters. The minimum atomic E-state index is -0.568. The molecule has 2 amide bonds. The Morgan fingerprint density at radius 2 is 1.70 bits per heavy atom. The Hall–Kier alpha value is -3.45. The van der Waals surface area contributed by atoms with Gasteiger partial charge in [-0.25, -0.2) is 4.39 Å². The fourth-order valence-electron chi connectivity index (χ4n) is 2.69. The third kappa shape index (κ3) is 5.55. The van der Waals surface area contributed by atoms with E-state index in [4.69, 9.17) is 5.73 Å². The SMILES string of the molecule is Nc1ccccc1CNC(=O)C(=Cc1cc(Br)ccc1F)NC(=O)c1ccccc1. The number of amides is 2. The molecule has 0 aliphatic carbocycles. The fraction of sp³-hybridized carbons (Fsp3) is 0.0435. The molecule has 0 aromatic heterocycles. The van der Waals surface area contributed by atoms with Gasteiger partial charge < -0.3 is 16.4 Å². The first kappa shape index (κ1) is 21.3. The van der Waals surface area contributed by atoms with Gasteiger partial charge in [0.25, 0.3) is 11.8 Å². The lowest BCUT2D eigenvalue weighted by Crippen LogP contribution is -2.34. The van der Waals surface area contributed by atoms with Crippen molar-refractivity contribution in [1.82, 2.24) is 10.6 Å². The predicted octanol–water partition coefficient (Wildman–Crippen LogP) is 4.26. The van der Waals surface area contributed by atoms with Crippen molar-refractivity contribution in [3.05, 3.63) is 105 Å². The minimum Gasteiger partial charge on any atom is -0.398 e. The molecule has 30 heavy (non-hydrogen) atoms. The van der Waals surface area contributed by atoms with Gasteiger partial charge in [-0.15, -0.1) is 0 Å². The lowest BCUT2D eigenvalue weighted by atomic mass is 10.1. The average molecular weight is 468 g/mol. The highest BCUT2D eigenvalue weighted by Crippen LogP contribution is 2.18. The molecule has 0 saturated carbocycles. The van der Waals surface area contributed by atoms with Crippen LogP contribution in [0.2, 0.25) is 0 Å². The van der Waals surface area contributed by atoms with E-state index < -0.39 is 17.6 Å². The van der Waals surface area contributed by atoms with E-state index >= 15 is 0 Å². The van der Waals surface area contributed by atoms with Gasteiger partial charge in [0.2, 0.25) is 0 Å². The fourth-order valence-corrected chi connectivity index (χ4v) is 3.07. The second-order valence-corrected chi connectivity index (χ2v) is 7.34. The highest BCUT2D eigenvalue weighted by atomic mass is 79.9. The van der Waals surface area contributed by atoms with Crippen molar-refractivity contribution >= 4 is 39.5 Å².